The number of hydrogen-bond donors (Lipinski definition) is 0. The number of allylic oxidation sites excluding steroid dienone is 5. The molecule has 0 radical (unpaired) electrons. The molecule has 4 rings (SSSR count). The Bertz CT molecular complexity index is 1070. The van der Waals surface area contributed by atoms with Gasteiger partial charge in [-0.3, -0.25) is 4.48 Å². The van der Waals surface area contributed by atoms with Crippen LogP contribution in [0.25, 0.3) is 5.57 Å². The van der Waals surface area contributed by atoms with Gasteiger partial charge in [-0.25, -0.2) is 4.58 Å². The minimum Gasteiger partial charge on any atom is -0.378 e. The van der Waals surface area contributed by atoms with Gasteiger partial charge in [0.05, 0.1) is 20.6 Å². The second-order valence-electron chi connectivity index (χ2n) is 9.26. The summed E-state index contributed by atoms with van der Waals surface area (Å²) in [5, 5.41) is 0. The number of likely N-dealkylation sites (N-methyl/N-ethyl adjacent to an activating group) is 1. The zero-order chi connectivity index (χ0) is 21.5. The van der Waals surface area contributed by atoms with Crippen LogP contribution in [0.5, 0.6) is 0 Å². The molecular weight excluding hydrogens is 366 g/mol. The highest BCUT2D eigenvalue weighted by molar-refractivity contribution is 6.04. The Morgan fingerprint density at radius 3 is 2.10 bits per heavy atom. The molecule has 0 unspecified atom stereocenters. The summed E-state index contributed by atoms with van der Waals surface area (Å²) in [7, 11) is 12.9. The number of fused-ring (bicyclic) bond motifs is 1. The zero-order valence-electron chi connectivity index (χ0n) is 19.1. The molecule has 3 heteroatoms. The van der Waals surface area contributed by atoms with E-state index in [0.717, 1.165) is 10.9 Å². The molecule has 0 spiro atoms. The Kier molecular flexibility index (Phi) is 5.25. The SMILES string of the molecule is CN(C)c1ccc(C(=C2C=CC(=[N+](C)C)C=C2)c2ccc3c(c2)CC[N+]3(C)C)cc1. The van der Waals surface area contributed by atoms with Crippen LogP contribution >= 0.6 is 0 Å². The van der Waals surface area contributed by atoms with E-state index in [0.29, 0.717) is 0 Å². The molecular formula is C27H33N3+2. The molecule has 2 aromatic carbocycles. The normalized spacial score (nSPS) is 16.6. The molecule has 2 aliphatic rings. The van der Waals surface area contributed by atoms with Gasteiger partial charge in [0.2, 0.25) is 0 Å². The lowest BCUT2D eigenvalue weighted by molar-refractivity contribution is -0.462. The first-order valence-electron chi connectivity index (χ1n) is 10.7. The predicted octanol–water partition coefficient (Wildman–Crippen LogP) is 4.52. The quantitative estimate of drug-likeness (QED) is 0.543. The molecule has 0 saturated heterocycles. The molecule has 0 bridgehead atoms. The average Bonchev–Trinajstić information content (AvgIpc) is 3.03. The Morgan fingerprint density at radius 2 is 1.50 bits per heavy atom. The smallest absolute Gasteiger partial charge is 0.199 e. The van der Waals surface area contributed by atoms with Gasteiger partial charge in [-0.15, -0.1) is 0 Å². The third-order valence-corrected chi connectivity index (χ3v) is 6.31. The van der Waals surface area contributed by atoms with Gasteiger partial charge in [-0.2, -0.15) is 0 Å². The zero-order valence-corrected chi connectivity index (χ0v) is 19.1. The summed E-state index contributed by atoms with van der Waals surface area (Å²) in [6, 6.07) is 16.0. The molecule has 30 heavy (non-hydrogen) atoms. The van der Waals surface area contributed by atoms with Crippen LogP contribution in [0, 0.1) is 0 Å². The molecule has 3 nitrogen and oxygen atoms in total. The lowest BCUT2D eigenvalue weighted by Gasteiger charge is -2.24. The number of rotatable bonds is 3. The van der Waals surface area contributed by atoms with Crippen LogP contribution in [-0.4, -0.2) is 59.1 Å². The molecule has 1 heterocycles. The van der Waals surface area contributed by atoms with Crippen molar-refractivity contribution in [2.75, 3.05) is 53.7 Å². The van der Waals surface area contributed by atoms with Gasteiger partial charge in [0, 0.05) is 50.0 Å². The van der Waals surface area contributed by atoms with E-state index in [1.54, 1.807) is 0 Å². The van der Waals surface area contributed by atoms with Crippen LogP contribution in [-0.2, 0) is 6.42 Å². The average molecular weight is 400 g/mol. The van der Waals surface area contributed by atoms with E-state index in [4.69, 9.17) is 0 Å². The van der Waals surface area contributed by atoms with Crippen LogP contribution in [0.3, 0.4) is 0 Å². The first kappa shape index (κ1) is 20.4. The lowest BCUT2D eigenvalue weighted by atomic mass is 9.89. The number of anilines is 1. The van der Waals surface area contributed by atoms with E-state index in [1.807, 2.05) is 0 Å². The molecule has 0 fully saturated rings. The predicted molar refractivity (Wildman–Crippen MR) is 131 cm³/mol. The Balaban J connectivity index is 1.86. The monoisotopic (exact) mass is 399 g/mol. The summed E-state index contributed by atoms with van der Waals surface area (Å²) >= 11 is 0. The van der Waals surface area contributed by atoms with Crippen molar-refractivity contribution in [3.63, 3.8) is 0 Å². The van der Waals surface area contributed by atoms with Crippen LogP contribution in [0.4, 0.5) is 11.4 Å². The topological polar surface area (TPSA) is 6.25 Å². The van der Waals surface area contributed by atoms with Crippen LogP contribution in [0.1, 0.15) is 16.7 Å². The van der Waals surface area contributed by atoms with E-state index < -0.39 is 0 Å². The highest BCUT2D eigenvalue weighted by Gasteiger charge is 2.30. The third-order valence-electron chi connectivity index (χ3n) is 6.31. The Labute approximate surface area is 181 Å². The fraction of sp³-hybridized carbons (Fsp3) is 0.296. The van der Waals surface area contributed by atoms with Crippen LogP contribution < -0.4 is 9.38 Å². The molecule has 1 aliphatic carbocycles. The van der Waals surface area contributed by atoms with E-state index >= 15 is 0 Å². The van der Waals surface area contributed by atoms with Crippen molar-refractivity contribution in [2.45, 2.75) is 6.42 Å². The summed E-state index contributed by atoms with van der Waals surface area (Å²) in [4.78, 5) is 2.14. The Hall–Kier alpha value is -2.91. The van der Waals surface area contributed by atoms with Crippen molar-refractivity contribution in [2.24, 2.45) is 0 Å². The van der Waals surface area contributed by atoms with Gasteiger partial charge in [0.1, 0.15) is 19.8 Å². The summed E-state index contributed by atoms with van der Waals surface area (Å²) < 4.78 is 3.12. The van der Waals surface area contributed by atoms with Gasteiger partial charge >= 0.3 is 0 Å². The maximum Gasteiger partial charge on any atom is 0.199 e. The van der Waals surface area contributed by atoms with Crippen molar-refractivity contribution in [3.8, 4) is 0 Å². The largest absolute Gasteiger partial charge is 0.378 e. The van der Waals surface area contributed by atoms with Crippen LogP contribution in [0.15, 0.2) is 72.3 Å². The standard InChI is InChI=1S/C27H33N3/c1-28(2)24-12-7-20(8-13-24)27(21-9-14-25(15-10-21)29(3)4)23-11-16-26-22(19-23)17-18-30(26,5)6/h7-16,19H,17-18H2,1-6H3/q+2. The maximum atomic E-state index is 2.41. The molecule has 0 atom stereocenters. The third kappa shape index (κ3) is 3.78. The summed E-state index contributed by atoms with van der Waals surface area (Å²) in [5.74, 6) is 0. The van der Waals surface area contributed by atoms with Crippen molar-refractivity contribution in [1.29, 1.82) is 0 Å². The highest BCUT2D eigenvalue weighted by atomic mass is 15.3. The highest BCUT2D eigenvalue weighted by Crippen LogP contribution is 2.37. The molecule has 0 saturated carbocycles. The number of benzene rings is 2. The summed E-state index contributed by atoms with van der Waals surface area (Å²) in [6.45, 7) is 1.17. The number of quaternary nitrogens is 1. The first-order chi connectivity index (χ1) is 14.3. The molecule has 1 aliphatic heterocycles. The molecule has 0 N–H and O–H groups in total. The van der Waals surface area contributed by atoms with Crippen molar-refractivity contribution in [3.05, 3.63) is 89.0 Å². The van der Waals surface area contributed by atoms with Gasteiger partial charge in [-0.1, -0.05) is 12.1 Å². The van der Waals surface area contributed by atoms with Gasteiger partial charge < -0.3 is 4.90 Å². The molecule has 0 aromatic heterocycles. The summed E-state index contributed by atoms with van der Waals surface area (Å²) in [6.07, 6.45) is 10.0. The van der Waals surface area contributed by atoms with E-state index in [1.165, 1.54) is 51.5 Å². The first-order valence-corrected chi connectivity index (χ1v) is 10.7. The fourth-order valence-electron chi connectivity index (χ4n) is 4.40. The van der Waals surface area contributed by atoms with Gasteiger partial charge in [0.25, 0.3) is 0 Å². The second-order valence-corrected chi connectivity index (χ2v) is 9.26. The molecule has 2 aromatic rings. The molecule has 154 valence electrons. The Morgan fingerprint density at radius 1 is 0.867 bits per heavy atom. The molecule has 0 amide bonds. The van der Waals surface area contributed by atoms with Gasteiger partial charge in [0.15, 0.2) is 5.71 Å². The lowest BCUT2D eigenvalue weighted by Crippen LogP contribution is -2.37. The number of nitrogens with zero attached hydrogens (tertiary/aromatic N) is 3. The minimum absolute atomic E-state index is 0.972. The number of hydrogen-bond acceptors (Lipinski definition) is 1. The van der Waals surface area contributed by atoms with E-state index in [9.17, 15) is 0 Å². The summed E-state index contributed by atoms with van der Waals surface area (Å²) in [5.41, 5.74) is 10.5. The maximum absolute atomic E-state index is 2.41. The van der Waals surface area contributed by atoms with E-state index in [2.05, 4.69) is 119 Å². The van der Waals surface area contributed by atoms with Crippen molar-refractivity contribution >= 4 is 22.7 Å². The van der Waals surface area contributed by atoms with E-state index in [-0.39, 0.29) is 0 Å². The minimum atomic E-state index is 0.972. The van der Waals surface area contributed by atoms with Crippen molar-refractivity contribution in [1.82, 2.24) is 4.48 Å². The van der Waals surface area contributed by atoms with Crippen LogP contribution in [0.2, 0.25) is 0 Å². The van der Waals surface area contributed by atoms with Crippen molar-refractivity contribution < 1.29 is 4.58 Å². The fourth-order valence-corrected chi connectivity index (χ4v) is 4.40. The second kappa shape index (κ2) is 7.73. The van der Waals surface area contributed by atoms with Gasteiger partial charge in [-0.05, 0) is 58.7 Å².